The number of hydrogen-bond acceptors (Lipinski definition) is 4. The Kier molecular flexibility index (Phi) is 6.45. The lowest BCUT2D eigenvalue weighted by atomic mass is 10.1. The molecular formula is C29H31N3O3. The first-order chi connectivity index (χ1) is 17.1. The van der Waals surface area contributed by atoms with Gasteiger partial charge >= 0.3 is 0 Å². The van der Waals surface area contributed by atoms with Gasteiger partial charge in [0.15, 0.2) is 0 Å². The SMILES string of the molecule is CCOc1ccccc1N1C[C@@H](c2nc3ccccc3n2CCOc2c(C)cccc2C)CC1=O. The van der Waals surface area contributed by atoms with Gasteiger partial charge in [0.25, 0.3) is 0 Å². The lowest BCUT2D eigenvalue weighted by molar-refractivity contribution is -0.117. The minimum absolute atomic E-state index is 0.00946. The van der Waals surface area contributed by atoms with E-state index in [9.17, 15) is 4.79 Å². The fraction of sp³-hybridized carbons (Fsp3) is 0.310. The van der Waals surface area contributed by atoms with Gasteiger partial charge in [-0.1, -0.05) is 42.5 Å². The summed E-state index contributed by atoms with van der Waals surface area (Å²) in [6.07, 6.45) is 0.418. The largest absolute Gasteiger partial charge is 0.492 e. The Balaban J connectivity index is 1.42. The number of hydrogen-bond donors (Lipinski definition) is 0. The molecule has 0 N–H and O–H groups in total. The maximum absolute atomic E-state index is 13.1. The molecule has 3 aromatic carbocycles. The molecule has 0 bridgehead atoms. The lowest BCUT2D eigenvalue weighted by Gasteiger charge is -2.20. The number of carbonyl (C=O) groups is 1. The van der Waals surface area contributed by atoms with Crippen LogP contribution in [-0.2, 0) is 11.3 Å². The van der Waals surface area contributed by atoms with E-state index in [0.29, 0.717) is 32.7 Å². The number of carbonyl (C=O) groups excluding carboxylic acids is 1. The number of nitrogens with zero attached hydrogens (tertiary/aromatic N) is 3. The highest BCUT2D eigenvalue weighted by Gasteiger charge is 2.36. The lowest BCUT2D eigenvalue weighted by Crippen LogP contribution is -2.25. The number of benzene rings is 3. The molecule has 180 valence electrons. The molecule has 1 fully saturated rings. The average Bonchev–Trinajstić information content (AvgIpc) is 3.42. The molecular weight excluding hydrogens is 438 g/mol. The van der Waals surface area contributed by atoms with Gasteiger partial charge in [0, 0.05) is 18.9 Å². The second kappa shape index (κ2) is 9.82. The van der Waals surface area contributed by atoms with Gasteiger partial charge < -0.3 is 18.9 Å². The molecule has 1 aliphatic rings. The van der Waals surface area contributed by atoms with Crippen LogP contribution in [0.1, 0.15) is 36.2 Å². The zero-order valence-corrected chi connectivity index (χ0v) is 20.5. The van der Waals surface area contributed by atoms with E-state index in [1.54, 1.807) is 0 Å². The third kappa shape index (κ3) is 4.48. The van der Waals surface area contributed by atoms with Crippen molar-refractivity contribution in [2.45, 2.75) is 39.7 Å². The quantitative estimate of drug-likeness (QED) is 0.335. The highest BCUT2D eigenvalue weighted by atomic mass is 16.5. The molecule has 35 heavy (non-hydrogen) atoms. The molecule has 1 aliphatic heterocycles. The number of para-hydroxylation sites is 5. The Labute approximate surface area is 206 Å². The van der Waals surface area contributed by atoms with Crippen LogP contribution >= 0.6 is 0 Å². The number of rotatable bonds is 8. The van der Waals surface area contributed by atoms with Crippen LogP contribution in [0.15, 0.2) is 66.7 Å². The minimum atomic E-state index is -0.00946. The first-order valence-electron chi connectivity index (χ1n) is 12.2. The van der Waals surface area contributed by atoms with E-state index < -0.39 is 0 Å². The summed E-state index contributed by atoms with van der Waals surface area (Å²) in [6, 6.07) is 22.1. The van der Waals surface area contributed by atoms with E-state index >= 15 is 0 Å². The smallest absolute Gasteiger partial charge is 0.227 e. The summed E-state index contributed by atoms with van der Waals surface area (Å²) in [4.78, 5) is 19.9. The molecule has 0 unspecified atom stereocenters. The molecule has 0 radical (unpaired) electrons. The summed E-state index contributed by atoms with van der Waals surface area (Å²) in [7, 11) is 0. The van der Waals surface area contributed by atoms with Crippen LogP contribution < -0.4 is 14.4 Å². The zero-order valence-electron chi connectivity index (χ0n) is 20.5. The second-order valence-corrected chi connectivity index (χ2v) is 8.99. The zero-order chi connectivity index (χ0) is 24.4. The Hall–Kier alpha value is -3.80. The maximum atomic E-state index is 13.1. The number of aromatic nitrogens is 2. The minimum Gasteiger partial charge on any atom is -0.492 e. The van der Waals surface area contributed by atoms with Crippen molar-refractivity contribution in [3.63, 3.8) is 0 Å². The van der Waals surface area contributed by atoms with Gasteiger partial charge in [0.2, 0.25) is 5.91 Å². The molecule has 1 amide bonds. The van der Waals surface area contributed by atoms with Crippen molar-refractivity contribution in [1.29, 1.82) is 0 Å². The van der Waals surface area contributed by atoms with Crippen LogP contribution in [0.25, 0.3) is 11.0 Å². The third-order valence-corrected chi connectivity index (χ3v) is 6.60. The number of amides is 1. The number of fused-ring (bicyclic) bond motifs is 1. The number of anilines is 1. The fourth-order valence-corrected chi connectivity index (χ4v) is 4.98. The third-order valence-electron chi connectivity index (χ3n) is 6.60. The highest BCUT2D eigenvalue weighted by Crippen LogP contribution is 2.37. The van der Waals surface area contributed by atoms with Crippen molar-refractivity contribution in [3.05, 3.63) is 83.7 Å². The molecule has 0 aliphatic carbocycles. The second-order valence-electron chi connectivity index (χ2n) is 8.99. The molecule has 0 spiro atoms. The topological polar surface area (TPSA) is 56.6 Å². The molecule has 1 atom stereocenters. The number of aryl methyl sites for hydroxylation is 2. The molecule has 5 rings (SSSR count). The van der Waals surface area contributed by atoms with Crippen molar-refractivity contribution in [1.82, 2.24) is 9.55 Å². The number of ether oxygens (including phenoxy) is 2. The molecule has 0 saturated carbocycles. The van der Waals surface area contributed by atoms with Gasteiger partial charge in [-0.15, -0.1) is 0 Å². The molecule has 2 heterocycles. The Morgan fingerprint density at radius 1 is 0.943 bits per heavy atom. The summed E-state index contributed by atoms with van der Waals surface area (Å²) in [5.41, 5.74) is 5.09. The highest BCUT2D eigenvalue weighted by molar-refractivity contribution is 5.97. The average molecular weight is 470 g/mol. The molecule has 1 saturated heterocycles. The van der Waals surface area contributed by atoms with Crippen molar-refractivity contribution >= 4 is 22.6 Å². The summed E-state index contributed by atoms with van der Waals surface area (Å²) in [6.45, 7) is 8.40. The van der Waals surface area contributed by atoms with E-state index in [2.05, 4.69) is 36.6 Å². The van der Waals surface area contributed by atoms with E-state index in [-0.39, 0.29) is 11.8 Å². The normalized spacial score (nSPS) is 15.7. The van der Waals surface area contributed by atoms with Crippen molar-refractivity contribution < 1.29 is 14.3 Å². The Morgan fingerprint density at radius 2 is 1.69 bits per heavy atom. The summed E-state index contributed by atoms with van der Waals surface area (Å²) < 4.78 is 14.2. The van der Waals surface area contributed by atoms with Crippen molar-refractivity contribution in [2.75, 3.05) is 24.7 Å². The van der Waals surface area contributed by atoms with Gasteiger partial charge in [-0.3, -0.25) is 4.79 Å². The van der Waals surface area contributed by atoms with Crippen LogP contribution in [0, 0.1) is 13.8 Å². The number of imidazole rings is 1. The molecule has 6 heteroatoms. The van der Waals surface area contributed by atoms with Gasteiger partial charge in [-0.05, 0) is 56.2 Å². The fourth-order valence-electron chi connectivity index (χ4n) is 4.98. The summed E-state index contributed by atoms with van der Waals surface area (Å²) in [5.74, 6) is 2.69. The first-order valence-corrected chi connectivity index (χ1v) is 12.2. The van der Waals surface area contributed by atoms with Crippen molar-refractivity contribution in [2.24, 2.45) is 0 Å². The Bertz CT molecular complexity index is 1340. The predicted octanol–water partition coefficient (Wildman–Crippen LogP) is 5.65. The van der Waals surface area contributed by atoms with E-state index in [0.717, 1.165) is 45.2 Å². The van der Waals surface area contributed by atoms with Gasteiger partial charge in [0.05, 0.1) is 29.9 Å². The van der Waals surface area contributed by atoms with Gasteiger partial charge in [-0.2, -0.15) is 0 Å². The molecule has 4 aromatic rings. The van der Waals surface area contributed by atoms with Crippen LogP contribution in [0.4, 0.5) is 5.69 Å². The van der Waals surface area contributed by atoms with E-state index in [1.807, 2.05) is 60.4 Å². The summed E-state index contributed by atoms with van der Waals surface area (Å²) in [5, 5.41) is 0. The van der Waals surface area contributed by atoms with Gasteiger partial charge in [0.1, 0.15) is 23.9 Å². The van der Waals surface area contributed by atoms with Gasteiger partial charge in [-0.25, -0.2) is 4.98 Å². The van der Waals surface area contributed by atoms with Crippen LogP contribution in [0.3, 0.4) is 0 Å². The molecule has 1 aromatic heterocycles. The first kappa shape index (κ1) is 23.0. The Morgan fingerprint density at radius 3 is 2.49 bits per heavy atom. The monoisotopic (exact) mass is 469 g/mol. The van der Waals surface area contributed by atoms with E-state index in [1.165, 1.54) is 0 Å². The maximum Gasteiger partial charge on any atom is 0.227 e. The standard InChI is InChI=1S/C29H31N3O3/c1-4-34-26-15-8-7-14-25(26)32-19-22(18-27(32)33)29-30-23-12-5-6-13-24(23)31(29)16-17-35-28-20(2)10-9-11-21(28)3/h5-15,22H,4,16-19H2,1-3H3/t22-/m0/s1. The molecule has 6 nitrogen and oxygen atoms in total. The van der Waals surface area contributed by atoms with Crippen LogP contribution in [0.5, 0.6) is 11.5 Å². The van der Waals surface area contributed by atoms with E-state index in [4.69, 9.17) is 14.5 Å². The van der Waals surface area contributed by atoms with Crippen LogP contribution in [0.2, 0.25) is 0 Å². The summed E-state index contributed by atoms with van der Waals surface area (Å²) >= 11 is 0. The predicted molar refractivity (Wildman–Crippen MR) is 138 cm³/mol. The van der Waals surface area contributed by atoms with Crippen LogP contribution in [-0.4, -0.2) is 35.2 Å². The van der Waals surface area contributed by atoms with Crippen molar-refractivity contribution in [3.8, 4) is 11.5 Å².